The highest BCUT2D eigenvalue weighted by Gasteiger charge is 2.00. The third-order valence-corrected chi connectivity index (χ3v) is 2.09. The van der Waals surface area contributed by atoms with Gasteiger partial charge in [0.05, 0.1) is 5.02 Å². The van der Waals surface area contributed by atoms with Gasteiger partial charge in [-0.2, -0.15) is 0 Å². The molecule has 68 valence electrons. The van der Waals surface area contributed by atoms with Gasteiger partial charge in [0.25, 0.3) is 0 Å². The Morgan fingerprint density at radius 3 is 3.08 bits per heavy atom. The molecule has 0 fully saturated rings. The van der Waals surface area contributed by atoms with Crippen molar-refractivity contribution in [2.24, 2.45) is 0 Å². The van der Waals surface area contributed by atoms with Gasteiger partial charge in [-0.25, -0.2) is 4.98 Å². The molecule has 0 spiro atoms. The molecule has 4 heteroatoms. The molecule has 0 aliphatic carbocycles. The maximum Gasteiger partial charge on any atom is 0.144 e. The summed E-state index contributed by atoms with van der Waals surface area (Å²) in [6.07, 6.45) is 7.45. The van der Waals surface area contributed by atoms with Crippen molar-refractivity contribution in [3.63, 3.8) is 0 Å². The molecule has 13 heavy (non-hydrogen) atoms. The largest absolute Gasteiger partial charge is 0.368 e. The van der Waals surface area contributed by atoms with Crippen LogP contribution in [0.2, 0.25) is 5.02 Å². The van der Waals surface area contributed by atoms with Crippen molar-refractivity contribution in [3.05, 3.63) is 21.8 Å². The Morgan fingerprint density at radius 2 is 2.46 bits per heavy atom. The van der Waals surface area contributed by atoms with E-state index < -0.39 is 0 Å². The molecule has 1 heterocycles. The van der Waals surface area contributed by atoms with Crippen LogP contribution in [0.3, 0.4) is 0 Å². The predicted octanol–water partition coefficient (Wildman–Crippen LogP) is 2.93. The van der Waals surface area contributed by atoms with Crippen LogP contribution < -0.4 is 5.32 Å². The molecule has 1 aromatic heterocycles. The molecular formula is C9H8BrClN2. The molecule has 0 aliphatic rings. The van der Waals surface area contributed by atoms with E-state index in [4.69, 9.17) is 18.0 Å². The van der Waals surface area contributed by atoms with Gasteiger partial charge < -0.3 is 5.32 Å². The van der Waals surface area contributed by atoms with Gasteiger partial charge in [-0.1, -0.05) is 11.6 Å². The first-order valence-electron chi connectivity index (χ1n) is 3.72. The molecule has 0 radical (unpaired) electrons. The SMILES string of the molecule is C#CCCNc1ncc(Br)cc1Cl. The van der Waals surface area contributed by atoms with Crippen LogP contribution in [0.5, 0.6) is 0 Å². The van der Waals surface area contributed by atoms with Crippen molar-refractivity contribution in [3.8, 4) is 12.3 Å². The lowest BCUT2D eigenvalue weighted by atomic mass is 10.4. The van der Waals surface area contributed by atoms with Crippen LogP contribution in [0.1, 0.15) is 6.42 Å². The molecule has 0 aromatic carbocycles. The zero-order chi connectivity index (χ0) is 9.68. The second-order valence-corrected chi connectivity index (χ2v) is 3.69. The van der Waals surface area contributed by atoms with Crippen LogP contribution in [0.25, 0.3) is 0 Å². The van der Waals surface area contributed by atoms with Crippen LogP contribution in [-0.4, -0.2) is 11.5 Å². The summed E-state index contributed by atoms with van der Waals surface area (Å²) in [7, 11) is 0. The van der Waals surface area contributed by atoms with Crippen LogP contribution >= 0.6 is 27.5 Å². The molecule has 0 saturated heterocycles. The average molecular weight is 260 g/mol. The van der Waals surface area contributed by atoms with Crippen LogP contribution in [-0.2, 0) is 0 Å². The quantitative estimate of drug-likeness (QED) is 0.667. The predicted molar refractivity (Wildman–Crippen MR) is 58.9 cm³/mol. The molecule has 0 saturated carbocycles. The third-order valence-electron chi connectivity index (χ3n) is 1.37. The van der Waals surface area contributed by atoms with Crippen molar-refractivity contribution >= 4 is 33.3 Å². The van der Waals surface area contributed by atoms with Crippen molar-refractivity contribution in [1.29, 1.82) is 0 Å². The van der Waals surface area contributed by atoms with E-state index in [0.29, 0.717) is 23.8 Å². The summed E-state index contributed by atoms with van der Waals surface area (Å²) in [6.45, 7) is 0.685. The second kappa shape index (κ2) is 5.11. The molecule has 1 rings (SSSR count). The Labute approximate surface area is 90.8 Å². The Hall–Kier alpha value is -0.720. The average Bonchev–Trinajstić information content (AvgIpc) is 2.09. The summed E-state index contributed by atoms with van der Waals surface area (Å²) in [6, 6.07) is 1.78. The molecule has 1 N–H and O–H groups in total. The van der Waals surface area contributed by atoms with Gasteiger partial charge in [-0.15, -0.1) is 12.3 Å². The minimum atomic E-state index is 0.589. The lowest BCUT2D eigenvalue weighted by Crippen LogP contribution is -2.02. The summed E-state index contributed by atoms with van der Waals surface area (Å²) in [5.41, 5.74) is 0. The summed E-state index contributed by atoms with van der Waals surface area (Å²) >= 11 is 9.17. The molecule has 1 aromatic rings. The highest BCUT2D eigenvalue weighted by atomic mass is 79.9. The smallest absolute Gasteiger partial charge is 0.144 e. The van der Waals surface area contributed by atoms with E-state index in [1.807, 2.05) is 0 Å². The van der Waals surface area contributed by atoms with Gasteiger partial charge in [-0.3, -0.25) is 0 Å². The number of rotatable bonds is 3. The fraction of sp³-hybridized carbons (Fsp3) is 0.222. The lowest BCUT2D eigenvalue weighted by Gasteiger charge is -2.04. The summed E-state index contributed by atoms with van der Waals surface area (Å²) in [4.78, 5) is 4.09. The number of hydrogen-bond donors (Lipinski definition) is 1. The Morgan fingerprint density at radius 1 is 1.69 bits per heavy atom. The highest BCUT2D eigenvalue weighted by molar-refractivity contribution is 9.10. The minimum absolute atomic E-state index is 0.589. The van der Waals surface area contributed by atoms with Crippen molar-refractivity contribution in [2.45, 2.75) is 6.42 Å². The number of aromatic nitrogens is 1. The van der Waals surface area contributed by atoms with Gasteiger partial charge in [-0.05, 0) is 22.0 Å². The van der Waals surface area contributed by atoms with E-state index in [2.05, 4.69) is 32.2 Å². The zero-order valence-corrected chi connectivity index (χ0v) is 9.19. The van der Waals surface area contributed by atoms with E-state index in [-0.39, 0.29) is 0 Å². The zero-order valence-electron chi connectivity index (χ0n) is 6.85. The molecule has 0 amide bonds. The first-order chi connectivity index (χ1) is 6.24. The highest BCUT2D eigenvalue weighted by Crippen LogP contribution is 2.22. The Balaban J connectivity index is 2.62. The molecule has 0 unspecified atom stereocenters. The normalized spacial score (nSPS) is 9.31. The number of hydrogen-bond acceptors (Lipinski definition) is 2. The van der Waals surface area contributed by atoms with Crippen LogP contribution in [0, 0.1) is 12.3 Å². The lowest BCUT2D eigenvalue weighted by molar-refractivity contribution is 1.07. The van der Waals surface area contributed by atoms with E-state index in [0.717, 1.165) is 4.47 Å². The summed E-state index contributed by atoms with van der Waals surface area (Å²) in [5.74, 6) is 3.19. The van der Waals surface area contributed by atoms with Gasteiger partial charge in [0, 0.05) is 23.6 Å². The molecular weight excluding hydrogens is 251 g/mol. The number of nitrogens with zero attached hydrogens (tertiary/aromatic N) is 1. The number of terminal acetylenes is 1. The van der Waals surface area contributed by atoms with Gasteiger partial charge in [0.1, 0.15) is 5.82 Å². The number of anilines is 1. The van der Waals surface area contributed by atoms with Crippen molar-refractivity contribution < 1.29 is 0 Å². The van der Waals surface area contributed by atoms with Crippen molar-refractivity contribution in [1.82, 2.24) is 4.98 Å². The topological polar surface area (TPSA) is 24.9 Å². The van der Waals surface area contributed by atoms with Crippen molar-refractivity contribution in [2.75, 3.05) is 11.9 Å². The molecule has 2 nitrogen and oxygen atoms in total. The van der Waals surface area contributed by atoms with E-state index in [9.17, 15) is 0 Å². The maximum absolute atomic E-state index is 5.90. The number of nitrogens with one attached hydrogen (secondary N) is 1. The van der Waals surface area contributed by atoms with E-state index in [1.54, 1.807) is 12.3 Å². The first-order valence-corrected chi connectivity index (χ1v) is 4.89. The maximum atomic E-state index is 5.90. The fourth-order valence-corrected chi connectivity index (χ4v) is 1.49. The standard InChI is InChI=1S/C9H8BrClN2/c1-2-3-4-12-9-8(11)5-7(10)6-13-9/h1,5-6H,3-4H2,(H,12,13). The second-order valence-electron chi connectivity index (χ2n) is 2.36. The molecule has 0 aliphatic heterocycles. The summed E-state index contributed by atoms with van der Waals surface area (Å²) in [5, 5.41) is 3.62. The molecule has 0 atom stereocenters. The van der Waals surface area contributed by atoms with Gasteiger partial charge >= 0.3 is 0 Å². The summed E-state index contributed by atoms with van der Waals surface area (Å²) < 4.78 is 0.861. The molecule has 0 bridgehead atoms. The van der Waals surface area contributed by atoms with E-state index >= 15 is 0 Å². The third kappa shape index (κ3) is 3.25. The van der Waals surface area contributed by atoms with Crippen LogP contribution in [0.4, 0.5) is 5.82 Å². The Bertz CT molecular complexity index is 333. The van der Waals surface area contributed by atoms with E-state index in [1.165, 1.54) is 0 Å². The number of pyridine rings is 1. The van der Waals surface area contributed by atoms with Gasteiger partial charge in [0.15, 0.2) is 0 Å². The number of halogens is 2. The van der Waals surface area contributed by atoms with Gasteiger partial charge in [0.2, 0.25) is 0 Å². The van der Waals surface area contributed by atoms with Crippen LogP contribution in [0.15, 0.2) is 16.7 Å². The minimum Gasteiger partial charge on any atom is -0.368 e. The fourth-order valence-electron chi connectivity index (χ4n) is 0.798. The monoisotopic (exact) mass is 258 g/mol. The first kappa shape index (κ1) is 10.4. The Kier molecular flexibility index (Phi) is 4.07.